The van der Waals surface area contributed by atoms with Gasteiger partial charge in [-0.3, -0.25) is 10.1 Å². The molecule has 7 heteroatoms. The van der Waals surface area contributed by atoms with Gasteiger partial charge in [-0.2, -0.15) is 0 Å². The van der Waals surface area contributed by atoms with Crippen molar-refractivity contribution in [2.75, 3.05) is 12.4 Å². The van der Waals surface area contributed by atoms with Gasteiger partial charge in [0.1, 0.15) is 11.3 Å². The quantitative estimate of drug-likeness (QED) is 0.397. The Labute approximate surface area is 174 Å². The number of hydrogen-bond donors (Lipinski definition) is 1. The number of hydrogen-bond acceptors (Lipinski definition) is 5. The number of halogens is 1. The molecule has 1 amide bonds. The van der Waals surface area contributed by atoms with Crippen molar-refractivity contribution in [1.29, 1.82) is 0 Å². The molecule has 1 N–H and O–H groups in total. The van der Waals surface area contributed by atoms with Crippen LogP contribution in [0, 0.1) is 13.8 Å². The normalized spacial score (nSPS) is 11.0. The smallest absolute Gasteiger partial charge is 0.293 e. The number of carbonyl (C=O) groups is 1. The number of benzene rings is 2. The minimum absolute atomic E-state index is 0.298. The molecule has 2 aromatic heterocycles. The zero-order chi connectivity index (χ0) is 19.8. The largest absolute Gasteiger partial charge is 0.497 e. The van der Waals surface area contributed by atoms with Crippen LogP contribution in [0.4, 0.5) is 5.13 Å². The number of nitrogens with one attached hydrogen (secondary N) is 1. The van der Waals surface area contributed by atoms with Crippen LogP contribution in [0.15, 0.2) is 51.4 Å². The third-order valence-electron chi connectivity index (χ3n) is 4.48. The van der Waals surface area contributed by atoms with E-state index in [1.54, 1.807) is 7.11 Å². The number of aryl methyl sites for hydroxylation is 2. The molecule has 2 aromatic carbocycles. The number of carbonyl (C=O) groups excluding carboxylic acids is 1. The van der Waals surface area contributed by atoms with Gasteiger partial charge in [0.25, 0.3) is 5.91 Å². The molecular formula is C21H17BrN2O3S. The SMILES string of the molecule is COc1ccc(-c2nc(NC(=O)c3oc4ccc(Br)cc4c3C)sc2C)cc1. The maximum Gasteiger partial charge on any atom is 0.293 e. The molecule has 0 aliphatic heterocycles. The van der Waals surface area contributed by atoms with Gasteiger partial charge in [0.15, 0.2) is 10.9 Å². The van der Waals surface area contributed by atoms with E-state index in [1.807, 2.05) is 56.3 Å². The third-order valence-corrected chi connectivity index (χ3v) is 5.86. The van der Waals surface area contributed by atoms with Crippen LogP contribution >= 0.6 is 27.3 Å². The number of aromatic nitrogens is 1. The highest BCUT2D eigenvalue weighted by molar-refractivity contribution is 9.10. The molecule has 4 rings (SSSR count). The van der Waals surface area contributed by atoms with E-state index in [9.17, 15) is 4.79 Å². The second-order valence-electron chi connectivity index (χ2n) is 6.30. The summed E-state index contributed by atoms with van der Waals surface area (Å²) < 4.78 is 11.9. The number of amides is 1. The molecule has 0 fully saturated rings. The maximum absolute atomic E-state index is 12.8. The molecule has 0 radical (unpaired) electrons. The van der Waals surface area contributed by atoms with E-state index in [0.717, 1.165) is 37.3 Å². The summed E-state index contributed by atoms with van der Waals surface area (Å²) in [5, 5.41) is 4.31. The highest BCUT2D eigenvalue weighted by Gasteiger charge is 2.20. The Kier molecular flexibility index (Phi) is 4.95. The Bertz CT molecular complexity index is 1180. The van der Waals surface area contributed by atoms with Crippen molar-refractivity contribution in [3.05, 3.63) is 63.1 Å². The van der Waals surface area contributed by atoms with Crippen LogP contribution < -0.4 is 10.1 Å². The molecule has 28 heavy (non-hydrogen) atoms. The van der Waals surface area contributed by atoms with Gasteiger partial charge >= 0.3 is 0 Å². The number of thiazole rings is 1. The van der Waals surface area contributed by atoms with E-state index in [1.165, 1.54) is 11.3 Å². The topological polar surface area (TPSA) is 64.4 Å². The van der Waals surface area contributed by atoms with Gasteiger partial charge in [-0.15, -0.1) is 11.3 Å². The van der Waals surface area contributed by atoms with Gasteiger partial charge in [-0.25, -0.2) is 4.98 Å². The van der Waals surface area contributed by atoms with E-state index in [0.29, 0.717) is 16.5 Å². The van der Waals surface area contributed by atoms with E-state index in [2.05, 4.69) is 26.2 Å². The van der Waals surface area contributed by atoms with Crippen LogP contribution in [-0.2, 0) is 0 Å². The molecule has 0 spiro atoms. The lowest BCUT2D eigenvalue weighted by molar-refractivity contribution is 0.0998. The monoisotopic (exact) mass is 456 g/mol. The summed E-state index contributed by atoms with van der Waals surface area (Å²) in [4.78, 5) is 18.4. The lowest BCUT2D eigenvalue weighted by atomic mass is 10.1. The summed E-state index contributed by atoms with van der Waals surface area (Å²) in [6, 6.07) is 13.4. The van der Waals surface area contributed by atoms with Crippen LogP contribution in [0.25, 0.3) is 22.2 Å². The number of anilines is 1. The van der Waals surface area contributed by atoms with Crippen molar-refractivity contribution in [1.82, 2.24) is 4.98 Å². The minimum Gasteiger partial charge on any atom is -0.497 e. The number of ether oxygens (including phenoxy) is 1. The molecule has 4 aromatic rings. The molecule has 0 bridgehead atoms. The van der Waals surface area contributed by atoms with Gasteiger partial charge in [0.2, 0.25) is 0 Å². The van der Waals surface area contributed by atoms with Gasteiger partial charge in [0, 0.05) is 25.9 Å². The molecule has 0 unspecified atom stereocenters. The Morgan fingerprint density at radius 2 is 1.93 bits per heavy atom. The highest BCUT2D eigenvalue weighted by Crippen LogP contribution is 2.33. The molecule has 0 aliphatic carbocycles. The van der Waals surface area contributed by atoms with E-state index in [4.69, 9.17) is 9.15 Å². The van der Waals surface area contributed by atoms with Crippen LogP contribution in [-0.4, -0.2) is 18.0 Å². The predicted molar refractivity (Wildman–Crippen MR) is 115 cm³/mol. The first-order valence-corrected chi connectivity index (χ1v) is 10.2. The van der Waals surface area contributed by atoms with Crippen molar-refractivity contribution < 1.29 is 13.9 Å². The van der Waals surface area contributed by atoms with Gasteiger partial charge in [-0.1, -0.05) is 15.9 Å². The first-order valence-electron chi connectivity index (χ1n) is 8.58. The molecule has 2 heterocycles. The second-order valence-corrected chi connectivity index (χ2v) is 8.42. The molecule has 0 aliphatic rings. The average molecular weight is 457 g/mol. The zero-order valence-electron chi connectivity index (χ0n) is 15.5. The standard InChI is InChI=1S/C21H17BrN2O3S/c1-11-16-10-14(22)6-9-17(16)27-19(11)20(25)24-21-23-18(12(2)28-21)13-4-7-15(26-3)8-5-13/h4-10H,1-3H3,(H,23,24,25). The third kappa shape index (κ3) is 3.43. The van der Waals surface area contributed by atoms with Crippen molar-refractivity contribution in [3.8, 4) is 17.0 Å². The predicted octanol–water partition coefficient (Wildman–Crippen LogP) is 6.20. The van der Waals surface area contributed by atoms with Crippen molar-refractivity contribution in [2.45, 2.75) is 13.8 Å². The number of furan rings is 1. The van der Waals surface area contributed by atoms with Crippen LogP contribution in [0.5, 0.6) is 5.75 Å². The second kappa shape index (κ2) is 7.41. The Morgan fingerprint density at radius 3 is 2.64 bits per heavy atom. The summed E-state index contributed by atoms with van der Waals surface area (Å²) in [5.74, 6) is 0.781. The van der Waals surface area contributed by atoms with Crippen molar-refractivity contribution in [3.63, 3.8) is 0 Å². The van der Waals surface area contributed by atoms with Crippen molar-refractivity contribution >= 4 is 49.3 Å². The Morgan fingerprint density at radius 1 is 1.18 bits per heavy atom. The molecule has 0 saturated carbocycles. The fraction of sp³-hybridized carbons (Fsp3) is 0.143. The summed E-state index contributed by atoms with van der Waals surface area (Å²) in [7, 11) is 1.63. The van der Waals surface area contributed by atoms with Crippen molar-refractivity contribution in [2.24, 2.45) is 0 Å². The number of methoxy groups -OCH3 is 1. The van der Waals surface area contributed by atoms with Gasteiger partial charge < -0.3 is 9.15 Å². The van der Waals surface area contributed by atoms with Gasteiger partial charge in [0.05, 0.1) is 12.8 Å². The maximum atomic E-state index is 12.8. The molecule has 5 nitrogen and oxygen atoms in total. The summed E-state index contributed by atoms with van der Waals surface area (Å²) in [5.41, 5.74) is 3.30. The number of rotatable bonds is 4. The fourth-order valence-corrected chi connectivity index (χ4v) is 4.22. The first-order chi connectivity index (χ1) is 13.5. The minimum atomic E-state index is -0.306. The molecule has 0 saturated heterocycles. The summed E-state index contributed by atoms with van der Waals surface area (Å²) in [6.45, 7) is 3.86. The Hall–Kier alpha value is -2.64. The van der Waals surface area contributed by atoms with E-state index in [-0.39, 0.29) is 5.91 Å². The molecule has 0 atom stereocenters. The zero-order valence-corrected chi connectivity index (χ0v) is 17.9. The van der Waals surface area contributed by atoms with Crippen LogP contribution in [0.1, 0.15) is 21.0 Å². The Balaban J connectivity index is 1.61. The van der Waals surface area contributed by atoms with E-state index < -0.39 is 0 Å². The van der Waals surface area contributed by atoms with Gasteiger partial charge in [-0.05, 0) is 56.3 Å². The van der Waals surface area contributed by atoms with Crippen LogP contribution in [0.3, 0.4) is 0 Å². The lowest BCUT2D eigenvalue weighted by Crippen LogP contribution is -2.11. The highest BCUT2D eigenvalue weighted by atomic mass is 79.9. The van der Waals surface area contributed by atoms with Crippen LogP contribution in [0.2, 0.25) is 0 Å². The summed E-state index contributed by atoms with van der Waals surface area (Å²) >= 11 is 4.88. The first kappa shape index (κ1) is 18.7. The fourth-order valence-electron chi connectivity index (χ4n) is 3.03. The average Bonchev–Trinajstić information content (AvgIpc) is 3.21. The van der Waals surface area contributed by atoms with E-state index >= 15 is 0 Å². The number of nitrogens with zero attached hydrogens (tertiary/aromatic N) is 1. The number of fused-ring (bicyclic) bond motifs is 1. The summed E-state index contributed by atoms with van der Waals surface area (Å²) in [6.07, 6.45) is 0. The molecule has 142 valence electrons. The molecular weight excluding hydrogens is 440 g/mol. The lowest BCUT2D eigenvalue weighted by Gasteiger charge is -2.02.